The number of hydrogen-bond acceptors (Lipinski definition) is 4. The number of anilines is 2. The van der Waals surface area contributed by atoms with Crippen molar-refractivity contribution in [3.63, 3.8) is 0 Å². The number of carbonyl (C=O) groups excluding carboxylic acids is 1. The monoisotopic (exact) mass is 471 g/mol. The molecular formula is C28H29N3O2S. The van der Waals surface area contributed by atoms with Gasteiger partial charge in [-0.2, -0.15) is 0 Å². The van der Waals surface area contributed by atoms with Crippen molar-refractivity contribution in [2.24, 2.45) is 0 Å². The van der Waals surface area contributed by atoms with Crippen molar-refractivity contribution in [3.8, 4) is 0 Å². The summed E-state index contributed by atoms with van der Waals surface area (Å²) in [5.74, 6) is -0.165. The maximum atomic E-state index is 13.1. The molecule has 3 aromatic rings. The third-order valence-electron chi connectivity index (χ3n) is 6.46. The molecule has 3 aromatic carbocycles. The summed E-state index contributed by atoms with van der Waals surface area (Å²) in [6.45, 7) is 3.31. The number of piperidine rings is 1. The molecule has 34 heavy (non-hydrogen) atoms. The molecule has 1 atom stereocenters. The van der Waals surface area contributed by atoms with Gasteiger partial charge in [0.05, 0.1) is 11.3 Å². The number of hydrogen-bond donors (Lipinski definition) is 2. The van der Waals surface area contributed by atoms with E-state index in [9.17, 15) is 9.35 Å². The van der Waals surface area contributed by atoms with Crippen LogP contribution in [0, 0.1) is 0 Å². The molecule has 0 spiro atoms. The summed E-state index contributed by atoms with van der Waals surface area (Å²) in [6, 6.07) is 23.8. The van der Waals surface area contributed by atoms with Crippen molar-refractivity contribution in [2.75, 3.05) is 30.0 Å². The number of benzene rings is 3. The van der Waals surface area contributed by atoms with Gasteiger partial charge in [0, 0.05) is 29.5 Å². The highest BCUT2D eigenvalue weighted by molar-refractivity contribution is 7.90. The highest BCUT2D eigenvalue weighted by atomic mass is 32.2. The Balaban J connectivity index is 1.49. The Hall–Kier alpha value is -3.06. The van der Waals surface area contributed by atoms with Gasteiger partial charge in [-0.3, -0.25) is 9.69 Å². The lowest BCUT2D eigenvalue weighted by Gasteiger charge is -2.26. The molecule has 5 rings (SSSR count). The van der Waals surface area contributed by atoms with Gasteiger partial charge >= 0.3 is 0 Å². The molecule has 2 aliphatic heterocycles. The Kier molecular flexibility index (Phi) is 6.72. The van der Waals surface area contributed by atoms with E-state index in [1.54, 1.807) is 12.3 Å². The van der Waals surface area contributed by atoms with E-state index in [-0.39, 0.29) is 5.91 Å². The van der Waals surface area contributed by atoms with Gasteiger partial charge < -0.3 is 15.2 Å². The fourth-order valence-corrected chi connectivity index (χ4v) is 5.21. The molecule has 2 N–H and O–H groups in total. The maximum absolute atomic E-state index is 13.1. The average Bonchev–Trinajstić information content (AvgIpc) is 3.19. The second kappa shape index (κ2) is 10.1. The number of amides is 1. The Morgan fingerprint density at radius 1 is 1.00 bits per heavy atom. The van der Waals surface area contributed by atoms with Crippen molar-refractivity contribution in [2.45, 2.75) is 30.7 Å². The van der Waals surface area contributed by atoms with E-state index < -0.39 is 11.2 Å². The zero-order valence-electron chi connectivity index (χ0n) is 19.3. The number of likely N-dealkylation sites (tertiary alicyclic amines) is 1. The first-order valence-electron chi connectivity index (χ1n) is 11.8. The van der Waals surface area contributed by atoms with Gasteiger partial charge in [-0.25, -0.2) is 0 Å². The lowest BCUT2D eigenvalue weighted by molar-refractivity contribution is -0.110. The van der Waals surface area contributed by atoms with Crippen LogP contribution in [0.1, 0.15) is 36.0 Å². The minimum absolute atomic E-state index is 0.165. The minimum atomic E-state index is -1.14. The van der Waals surface area contributed by atoms with Crippen LogP contribution in [0.15, 0.2) is 77.7 Å². The maximum Gasteiger partial charge on any atom is 0.258 e. The molecule has 174 valence electrons. The molecule has 2 aliphatic rings. The molecule has 0 radical (unpaired) electrons. The summed E-state index contributed by atoms with van der Waals surface area (Å²) in [5, 5.41) is 6.48. The third-order valence-corrected chi connectivity index (χ3v) is 7.38. The average molecular weight is 472 g/mol. The van der Waals surface area contributed by atoms with Crippen LogP contribution in [-0.4, -0.2) is 34.7 Å². The highest BCUT2D eigenvalue weighted by Gasteiger charge is 2.29. The standard InChI is InChI=1S/C28H29N3O2S/c1-34(33)23-14-15-25-24(18-23)26(28(32)30-25)27(21-8-4-2-5-9-21)29-22-12-10-20(11-13-22)19-31-16-6-3-7-17-31/h2,4-5,8-15,18,29H,3,6-7,16-17,19H2,1H3,(H,30,32). The highest BCUT2D eigenvalue weighted by Crippen LogP contribution is 2.38. The minimum Gasteiger partial charge on any atom is -0.612 e. The summed E-state index contributed by atoms with van der Waals surface area (Å²) in [6.07, 6.45) is 5.55. The molecular weight excluding hydrogens is 442 g/mol. The van der Waals surface area contributed by atoms with Crippen LogP contribution in [0.3, 0.4) is 0 Å². The predicted octanol–water partition coefficient (Wildman–Crippen LogP) is 5.34. The van der Waals surface area contributed by atoms with Crippen LogP contribution in [0.2, 0.25) is 0 Å². The molecule has 1 amide bonds. The molecule has 0 bridgehead atoms. The summed E-state index contributed by atoms with van der Waals surface area (Å²) in [4.78, 5) is 16.3. The smallest absolute Gasteiger partial charge is 0.258 e. The van der Waals surface area contributed by atoms with Crippen LogP contribution in [0.4, 0.5) is 11.4 Å². The molecule has 6 heteroatoms. The second-order valence-corrected chi connectivity index (χ2v) is 10.3. The van der Waals surface area contributed by atoms with E-state index in [2.05, 4.69) is 39.8 Å². The third kappa shape index (κ3) is 4.89. The molecule has 1 fully saturated rings. The number of nitrogens with zero attached hydrogens (tertiary/aromatic N) is 1. The zero-order chi connectivity index (χ0) is 23.5. The number of carbonyl (C=O) groups is 1. The number of nitrogens with one attached hydrogen (secondary N) is 2. The van der Waals surface area contributed by atoms with Gasteiger partial charge in [0.15, 0.2) is 4.90 Å². The summed E-state index contributed by atoms with van der Waals surface area (Å²) in [5.41, 5.74) is 5.93. The van der Waals surface area contributed by atoms with Gasteiger partial charge in [-0.05, 0) is 72.5 Å². The molecule has 1 unspecified atom stereocenters. The van der Waals surface area contributed by atoms with E-state index in [1.807, 2.05) is 42.5 Å². The first-order valence-corrected chi connectivity index (χ1v) is 13.3. The van der Waals surface area contributed by atoms with Crippen LogP contribution in [-0.2, 0) is 22.5 Å². The topological polar surface area (TPSA) is 67.4 Å². The van der Waals surface area contributed by atoms with Crippen molar-refractivity contribution < 1.29 is 9.35 Å². The van der Waals surface area contributed by atoms with E-state index in [0.29, 0.717) is 10.5 Å². The van der Waals surface area contributed by atoms with E-state index in [0.717, 1.165) is 34.7 Å². The molecule has 5 nitrogen and oxygen atoms in total. The molecule has 0 aromatic heterocycles. The summed E-state index contributed by atoms with van der Waals surface area (Å²) >= 11 is -1.14. The number of fused-ring (bicyclic) bond motifs is 1. The quantitative estimate of drug-likeness (QED) is 0.376. The molecule has 1 saturated heterocycles. The Morgan fingerprint density at radius 3 is 2.44 bits per heavy atom. The fraction of sp³-hybridized carbons (Fsp3) is 0.250. The van der Waals surface area contributed by atoms with Crippen LogP contribution in [0.5, 0.6) is 0 Å². The van der Waals surface area contributed by atoms with Gasteiger partial charge in [-0.1, -0.05) is 48.9 Å². The summed E-state index contributed by atoms with van der Waals surface area (Å²) in [7, 11) is 0. The van der Waals surface area contributed by atoms with Gasteiger partial charge in [-0.15, -0.1) is 0 Å². The van der Waals surface area contributed by atoms with Gasteiger partial charge in [0.2, 0.25) is 0 Å². The zero-order valence-corrected chi connectivity index (χ0v) is 20.2. The SMILES string of the molecule is C[S+]([O-])c1ccc2c(c1)C(=C(Nc1ccc(CN3CCCCC3)cc1)c1ccccc1)C(=O)N2. The number of rotatable bonds is 6. The molecule has 0 saturated carbocycles. The lowest BCUT2D eigenvalue weighted by Crippen LogP contribution is -2.29. The first kappa shape index (κ1) is 22.7. The molecule has 2 heterocycles. The normalized spacial score (nSPS) is 18.2. The predicted molar refractivity (Wildman–Crippen MR) is 140 cm³/mol. The van der Waals surface area contributed by atoms with Crippen molar-refractivity contribution in [1.29, 1.82) is 0 Å². The van der Waals surface area contributed by atoms with Crippen molar-refractivity contribution >= 4 is 39.7 Å². The van der Waals surface area contributed by atoms with Gasteiger partial charge in [0.25, 0.3) is 5.91 Å². The Bertz CT molecular complexity index is 1200. The van der Waals surface area contributed by atoms with Crippen molar-refractivity contribution in [1.82, 2.24) is 4.90 Å². The second-order valence-electron chi connectivity index (χ2n) is 8.89. The Labute approximate surface area is 204 Å². The van der Waals surface area contributed by atoms with E-state index in [1.165, 1.54) is 37.9 Å². The fourth-order valence-electron chi connectivity index (χ4n) is 4.67. The van der Waals surface area contributed by atoms with Crippen LogP contribution < -0.4 is 10.6 Å². The molecule has 0 aliphatic carbocycles. The first-order chi connectivity index (χ1) is 16.6. The van der Waals surface area contributed by atoms with E-state index >= 15 is 0 Å². The van der Waals surface area contributed by atoms with Crippen LogP contribution >= 0.6 is 0 Å². The largest absolute Gasteiger partial charge is 0.612 e. The van der Waals surface area contributed by atoms with Gasteiger partial charge in [0.1, 0.15) is 6.26 Å². The van der Waals surface area contributed by atoms with Crippen LogP contribution in [0.25, 0.3) is 11.3 Å². The van der Waals surface area contributed by atoms with Crippen molar-refractivity contribution in [3.05, 3.63) is 89.5 Å². The van der Waals surface area contributed by atoms with E-state index in [4.69, 9.17) is 0 Å². The lowest BCUT2D eigenvalue weighted by atomic mass is 10.00. The summed E-state index contributed by atoms with van der Waals surface area (Å²) < 4.78 is 12.1. The Morgan fingerprint density at radius 2 is 1.74 bits per heavy atom.